The second-order valence-corrected chi connectivity index (χ2v) is 6.13. The summed E-state index contributed by atoms with van der Waals surface area (Å²) < 4.78 is 5.10. The van der Waals surface area contributed by atoms with Gasteiger partial charge in [0.1, 0.15) is 11.3 Å². The van der Waals surface area contributed by atoms with E-state index in [1.54, 1.807) is 6.07 Å². The van der Waals surface area contributed by atoms with Crippen LogP contribution in [0.3, 0.4) is 0 Å². The topological polar surface area (TPSA) is 75.6 Å². The van der Waals surface area contributed by atoms with Gasteiger partial charge in [-0.15, -0.1) is 0 Å². The number of hydrogen-bond acceptors (Lipinski definition) is 3. The van der Waals surface area contributed by atoms with Crippen LogP contribution in [0.5, 0.6) is 5.75 Å². The molecule has 1 saturated carbocycles. The number of carbonyl (C=O) groups is 2. The molecule has 0 spiro atoms. The Hall–Kier alpha value is -2.82. The largest absolute Gasteiger partial charge is 0.496 e. The molecule has 0 aliphatic heterocycles. The van der Waals surface area contributed by atoms with E-state index in [9.17, 15) is 9.59 Å². The maximum atomic E-state index is 12.8. The van der Waals surface area contributed by atoms with Gasteiger partial charge in [-0.2, -0.15) is 0 Å². The van der Waals surface area contributed by atoms with Crippen LogP contribution in [-0.2, 0) is 10.2 Å². The van der Waals surface area contributed by atoms with E-state index in [2.05, 4.69) is 5.32 Å². The third-order valence-electron chi connectivity index (χ3n) is 4.45. The minimum absolute atomic E-state index is 0.0651. The first-order valence-corrected chi connectivity index (χ1v) is 7.76. The molecule has 124 valence electrons. The summed E-state index contributed by atoms with van der Waals surface area (Å²) >= 11 is 0. The lowest BCUT2D eigenvalue weighted by atomic mass is 9.93. The normalized spacial score (nSPS) is 14.8. The first-order valence-electron chi connectivity index (χ1n) is 7.76. The van der Waals surface area contributed by atoms with Crippen molar-refractivity contribution in [2.45, 2.75) is 25.2 Å². The molecule has 2 aromatic rings. The number of nitrogens with one attached hydrogen (secondary N) is 1. The Morgan fingerprint density at radius 1 is 1.17 bits per heavy atom. The van der Waals surface area contributed by atoms with Crippen molar-refractivity contribution in [1.29, 1.82) is 0 Å². The Balaban J connectivity index is 1.84. The summed E-state index contributed by atoms with van der Waals surface area (Å²) in [5.74, 6) is -0.915. The van der Waals surface area contributed by atoms with Gasteiger partial charge in [-0.1, -0.05) is 29.8 Å². The number of methoxy groups -OCH3 is 1. The van der Waals surface area contributed by atoms with Gasteiger partial charge in [-0.25, -0.2) is 4.79 Å². The van der Waals surface area contributed by atoms with Gasteiger partial charge in [-0.3, -0.25) is 4.79 Å². The van der Waals surface area contributed by atoms with Crippen molar-refractivity contribution >= 4 is 17.6 Å². The zero-order chi connectivity index (χ0) is 17.3. The number of carbonyl (C=O) groups excluding carboxylic acids is 1. The molecule has 1 aliphatic carbocycles. The van der Waals surface area contributed by atoms with E-state index in [-0.39, 0.29) is 17.2 Å². The molecule has 0 heterocycles. The number of hydrogen-bond donors (Lipinski definition) is 2. The number of anilines is 1. The summed E-state index contributed by atoms with van der Waals surface area (Å²) in [6.07, 6.45) is 1.62. The fourth-order valence-electron chi connectivity index (χ4n) is 2.91. The predicted molar refractivity (Wildman–Crippen MR) is 90.7 cm³/mol. The van der Waals surface area contributed by atoms with Crippen molar-refractivity contribution in [1.82, 2.24) is 0 Å². The van der Waals surface area contributed by atoms with Crippen molar-refractivity contribution in [3.05, 3.63) is 59.2 Å². The van der Waals surface area contributed by atoms with Gasteiger partial charge in [0.2, 0.25) is 5.91 Å². The average Bonchev–Trinajstić information content (AvgIpc) is 3.36. The number of aryl methyl sites for hydroxylation is 1. The molecule has 5 heteroatoms. The molecule has 0 bridgehead atoms. The first kappa shape index (κ1) is 16.1. The maximum Gasteiger partial charge on any atom is 0.339 e. The highest BCUT2D eigenvalue weighted by Crippen LogP contribution is 2.49. The maximum absolute atomic E-state index is 12.8. The Labute approximate surface area is 140 Å². The molecule has 2 N–H and O–H groups in total. The van der Waals surface area contributed by atoms with E-state index in [1.165, 1.54) is 19.2 Å². The second kappa shape index (κ2) is 6.00. The Morgan fingerprint density at radius 3 is 2.50 bits per heavy atom. The standard InChI is InChI=1S/C19H19NO4/c1-12-4-3-5-13(10-12)19(8-9-19)18(23)20-14-6-7-15(17(21)22)16(11-14)24-2/h3-7,10-11H,8-9H2,1-2H3,(H,20,23)(H,21,22). The minimum atomic E-state index is -1.07. The second-order valence-electron chi connectivity index (χ2n) is 6.13. The fraction of sp³-hybridized carbons (Fsp3) is 0.263. The number of carboxylic acids is 1. The summed E-state index contributed by atoms with van der Waals surface area (Å²) in [4.78, 5) is 23.9. The minimum Gasteiger partial charge on any atom is -0.496 e. The van der Waals surface area contributed by atoms with Crippen LogP contribution < -0.4 is 10.1 Å². The van der Waals surface area contributed by atoms with Crippen LogP contribution in [0.25, 0.3) is 0 Å². The van der Waals surface area contributed by atoms with E-state index in [0.717, 1.165) is 24.0 Å². The molecule has 2 aromatic carbocycles. The molecular weight excluding hydrogens is 306 g/mol. The molecule has 0 unspecified atom stereocenters. The molecule has 24 heavy (non-hydrogen) atoms. The molecule has 1 fully saturated rings. The average molecular weight is 325 g/mol. The van der Waals surface area contributed by atoms with Crippen LogP contribution in [0.2, 0.25) is 0 Å². The third kappa shape index (κ3) is 2.85. The Bertz CT molecular complexity index is 809. The summed E-state index contributed by atoms with van der Waals surface area (Å²) in [7, 11) is 1.41. The monoisotopic (exact) mass is 325 g/mol. The van der Waals surface area contributed by atoms with Gasteiger partial charge in [0.25, 0.3) is 0 Å². The van der Waals surface area contributed by atoms with Crippen LogP contribution in [0.1, 0.15) is 34.3 Å². The van der Waals surface area contributed by atoms with Crippen LogP contribution in [0.15, 0.2) is 42.5 Å². The molecule has 3 rings (SSSR count). The number of benzene rings is 2. The van der Waals surface area contributed by atoms with E-state index in [1.807, 2.05) is 31.2 Å². The molecule has 1 aliphatic rings. The number of carboxylic acid groups (broad SMARTS) is 1. The molecule has 5 nitrogen and oxygen atoms in total. The van der Waals surface area contributed by atoms with Crippen molar-refractivity contribution in [2.75, 3.05) is 12.4 Å². The molecule has 0 saturated heterocycles. The SMILES string of the molecule is COc1cc(NC(=O)C2(c3cccc(C)c3)CC2)ccc1C(=O)O. The van der Waals surface area contributed by atoms with Crippen molar-refractivity contribution < 1.29 is 19.4 Å². The van der Waals surface area contributed by atoms with E-state index in [0.29, 0.717) is 5.69 Å². The Morgan fingerprint density at radius 2 is 1.92 bits per heavy atom. The van der Waals surface area contributed by atoms with Crippen LogP contribution in [0, 0.1) is 6.92 Å². The zero-order valence-electron chi connectivity index (χ0n) is 13.6. The number of ether oxygens (including phenoxy) is 1. The summed E-state index contributed by atoms with van der Waals surface area (Å²) in [6, 6.07) is 12.5. The smallest absolute Gasteiger partial charge is 0.339 e. The molecule has 1 amide bonds. The van der Waals surface area contributed by atoms with Gasteiger partial charge >= 0.3 is 5.97 Å². The lowest BCUT2D eigenvalue weighted by Gasteiger charge is -2.17. The number of amides is 1. The zero-order valence-corrected chi connectivity index (χ0v) is 13.6. The van der Waals surface area contributed by atoms with Crippen LogP contribution in [0.4, 0.5) is 5.69 Å². The third-order valence-corrected chi connectivity index (χ3v) is 4.45. The van der Waals surface area contributed by atoms with Gasteiger partial charge < -0.3 is 15.2 Å². The molecule has 0 atom stereocenters. The molecule has 0 radical (unpaired) electrons. The van der Waals surface area contributed by atoms with Crippen molar-refractivity contribution in [3.8, 4) is 5.75 Å². The van der Waals surface area contributed by atoms with Gasteiger partial charge in [0, 0.05) is 11.8 Å². The summed E-state index contributed by atoms with van der Waals surface area (Å²) in [5.41, 5.74) is 2.26. The quantitative estimate of drug-likeness (QED) is 0.884. The number of rotatable bonds is 5. The van der Waals surface area contributed by atoms with E-state index >= 15 is 0 Å². The van der Waals surface area contributed by atoms with E-state index in [4.69, 9.17) is 9.84 Å². The van der Waals surface area contributed by atoms with E-state index < -0.39 is 11.4 Å². The molecule has 0 aromatic heterocycles. The van der Waals surface area contributed by atoms with Crippen LogP contribution >= 0.6 is 0 Å². The summed E-state index contributed by atoms with van der Waals surface area (Å²) in [5, 5.41) is 12.0. The highest BCUT2D eigenvalue weighted by Gasteiger charge is 2.51. The van der Waals surface area contributed by atoms with Gasteiger partial charge in [0.05, 0.1) is 12.5 Å². The predicted octanol–water partition coefficient (Wildman–Crippen LogP) is 3.37. The number of aromatic carboxylic acids is 1. The summed E-state index contributed by atoms with van der Waals surface area (Å²) in [6.45, 7) is 2.01. The lowest BCUT2D eigenvalue weighted by Crippen LogP contribution is -2.27. The lowest BCUT2D eigenvalue weighted by molar-refractivity contribution is -0.118. The first-order chi connectivity index (χ1) is 11.5. The highest BCUT2D eigenvalue weighted by molar-refractivity contribution is 6.02. The van der Waals surface area contributed by atoms with Gasteiger partial charge in [0.15, 0.2) is 0 Å². The van der Waals surface area contributed by atoms with Crippen molar-refractivity contribution in [2.24, 2.45) is 0 Å². The Kier molecular flexibility index (Phi) is 4.01. The molecular formula is C19H19NO4. The van der Waals surface area contributed by atoms with Gasteiger partial charge in [-0.05, 0) is 37.5 Å². The fourth-order valence-corrected chi connectivity index (χ4v) is 2.91. The van der Waals surface area contributed by atoms with Crippen molar-refractivity contribution in [3.63, 3.8) is 0 Å². The van der Waals surface area contributed by atoms with Crippen LogP contribution in [-0.4, -0.2) is 24.1 Å². The highest BCUT2D eigenvalue weighted by atomic mass is 16.5.